The van der Waals surface area contributed by atoms with Gasteiger partial charge >= 0.3 is 5.97 Å². The molecular formula is C16H19N5O3. The molecule has 2 aromatic heterocycles. The van der Waals surface area contributed by atoms with Crippen molar-refractivity contribution in [2.24, 2.45) is 0 Å². The number of carbonyl (C=O) groups is 1. The van der Waals surface area contributed by atoms with Gasteiger partial charge in [0.05, 0.1) is 11.8 Å². The Labute approximate surface area is 138 Å². The van der Waals surface area contributed by atoms with Gasteiger partial charge in [-0.1, -0.05) is 11.5 Å². The number of hydrogen-bond donors (Lipinski definition) is 1. The van der Waals surface area contributed by atoms with Crippen LogP contribution in [0.2, 0.25) is 0 Å². The zero-order valence-electron chi connectivity index (χ0n) is 13.4. The second kappa shape index (κ2) is 6.10. The number of aromatic nitrogens is 4. The maximum absolute atomic E-state index is 12.9. The Morgan fingerprint density at radius 1 is 1.38 bits per heavy atom. The van der Waals surface area contributed by atoms with Crippen molar-refractivity contribution in [3.05, 3.63) is 35.4 Å². The summed E-state index contributed by atoms with van der Waals surface area (Å²) in [6.07, 6.45) is 6.82. The molecule has 24 heavy (non-hydrogen) atoms. The van der Waals surface area contributed by atoms with Crippen LogP contribution < -0.4 is 5.32 Å². The van der Waals surface area contributed by atoms with E-state index in [1.807, 2.05) is 13.0 Å². The Morgan fingerprint density at radius 2 is 2.21 bits per heavy atom. The molecule has 126 valence electrons. The standard InChI is InChI=1S/C16H19N5O3/c1-10-13(15(22)24-11-6-3-2-4-7-11)14(12-8-5-9-23-12)21-16(17-10)18-19-20-21/h5,8-9,11,14H,2-4,6-7H2,1H3,(H,17,18,20)/t14-/m0/s1. The summed E-state index contributed by atoms with van der Waals surface area (Å²) in [6.45, 7) is 1.82. The molecule has 0 spiro atoms. The number of rotatable bonds is 3. The smallest absolute Gasteiger partial charge is 0.338 e. The van der Waals surface area contributed by atoms with Crippen molar-refractivity contribution in [3.63, 3.8) is 0 Å². The van der Waals surface area contributed by atoms with E-state index < -0.39 is 6.04 Å². The molecular weight excluding hydrogens is 310 g/mol. The van der Waals surface area contributed by atoms with E-state index in [1.54, 1.807) is 17.0 Å². The summed E-state index contributed by atoms with van der Waals surface area (Å²) in [6, 6.07) is 3.06. The molecule has 0 aromatic carbocycles. The van der Waals surface area contributed by atoms with Crippen LogP contribution in [0, 0.1) is 0 Å². The fraction of sp³-hybridized carbons (Fsp3) is 0.500. The second-order valence-electron chi connectivity index (χ2n) is 6.19. The van der Waals surface area contributed by atoms with Crippen LogP contribution in [0.4, 0.5) is 5.95 Å². The Bertz CT molecular complexity index is 759. The summed E-state index contributed by atoms with van der Waals surface area (Å²) >= 11 is 0. The van der Waals surface area contributed by atoms with Gasteiger partial charge in [0.1, 0.15) is 17.9 Å². The van der Waals surface area contributed by atoms with Gasteiger partial charge in [0.2, 0.25) is 5.95 Å². The molecule has 1 aliphatic heterocycles. The fourth-order valence-electron chi connectivity index (χ4n) is 3.38. The van der Waals surface area contributed by atoms with Crippen LogP contribution in [0.25, 0.3) is 0 Å². The number of esters is 1. The van der Waals surface area contributed by atoms with Gasteiger partial charge in [0.15, 0.2) is 0 Å². The van der Waals surface area contributed by atoms with Gasteiger partial charge in [-0.25, -0.2) is 4.79 Å². The summed E-state index contributed by atoms with van der Waals surface area (Å²) in [7, 11) is 0. The highest BCUT2D eigenvalue weighted by molar-refractivity contribution is 5.92. The first-order valence-corrected chi connectivity index (χ1v) is 8.24. The summed E-state index contributed by atoms with van der Waals surface area (Å²) in [4.78, 5) is 12.9. The maximum atomic E-state index is 12.9. The third-order valence-corrected chi connectivity index (χ3v) is 4.57. The van der Waals surface area contributed by atoms with Crippen LogP contribution in [0.1, 0.15) is 50.8 Å². The van der Waals surface area contributed by atoms with Gasteiger partial charge < -0.3 is 14.5 Å². The largest absolute Gasteiger partial charge is 0.467 e. The number of anilines is 1. The normalized spacial score (nSPS) is 21.3. The molecule has 4 rings (SSSR count). The number of ether oxygens (including phenoxy) is 1. The van der Waals surface area contributed by atoms with Gasteiger partial charge in [-0.05, 0) is 55.2 Å². The number of hydrogen-bond acceptors (Lipinski definition) is 7. The van der Waals surface area contributed by atoms with Gasteiger partial charge in [-0.15, -0.1) is 0 Å². The first-order valence-electron chi connectivity index (χ1n) is 8.24. The molecule has 8 heteroatoms. The average Bonchev–Trinajstić information content (AvgIpc) is 3.25. The van der Waals surface area contributed by atoms with Crippen molar-refractivity contribution in [1.82, 2.24) is 20.2 Å². The van der Waals surface area contributed by atoms with Crippen molar-refractivity contribution in [3.8, 4) is 0 Å². The lowest BCUT2D eigenvalue weighted by Gasteiger charge is -2.28. The Balaban J connectivity index is 1.67. The minimum Gasteiger partial charge on any atom is -0.467 e. The van der Waals surface area contributed by atoms with Crippen LogP contribution in [0.3, 0.4) is 0 Å². The van der Waals surface area contributed by atoms with Gasteiger partial charge in [0, 0.05) is 5.70 Å². The van der Waals surface area contributed by atoms with Crippen molar-refractivity contribution in [1.29, 1.82) is 0 Å². The minimum absolute atomic E-state index is 0.0148. The van der Waals surface area contributed by atoms with Gasteiger partial charge in [-0.2, -0.15) is 4.68 Å². The van der Waals surface area contributed by atoms with Crippen molar-refractivity contribution >= 4 is 11.9 Å². The number of tetrazole rings is 1. The summed E-state index contributed by atoms with van der Waals surface area (Å²) in [5.74, 6) is 0.734. The van der Waals surface area contributed by atoms with Crippen LogP contribution in [-0.2, 0) is 9.53 Å². The van der Waals surface area contributed by atoms with E-state index in [9.17, 15) is 4.79 Å². The topological polar surface area (TPSA) is 95.1 Å². The van der Waals surface area contributed by atoms with Crippen LogP contribution in [0.15, 0.2) is 34.1 Å². The number of nitrogens with one attached hydrogen (secondary N) is 1. The van der Waals surface area contributed by atoms with Gasteiger partial charge in [0.25, 0.3) is 0 Å². The summed E-state index contributed by atoms with van der Waals surface area (Å²) < 4.78 is 12.8. The Hall–Kier alpha value is -2.64. The van der Waals surface area contributed by atoms with E-state index in [4.69, 9.17) is 9.15 Å². The highest BCUT2D eigenvalue weighted by Crippen LogP contribution is 2.35. The molecule has 0 unspecified atom stereocenters. The molecule has 2 aromatic rings. The molecule has 0 amide bonds. The summed E-state index contributed by atoms with van der Waals surface area (Å²) in [5, 5.41) is 14.7. The quantitative estimate of drug-likeness (QED) is 0.864. The molecule has 1 atom stereocenters. The SMILES string of the molecule is CC1=C(C(=O)OC2CCCCC2)[C@H](c2ccco2)n2nnnc2N1. The first-order chi connectivity index (χ1) is 11.7. The highest BCUT2D eigenvalue weighted by atomic mass is 16.5. The van der Waals surface area contributed by atoms with E-state index in [-0.39, 0.29) is 12.1 Å². The van der Waals surface area contributed by atoms with Crippen molar-refractivity contribution < 1.29 is 13.9 Å². The van der Waals surface area contributed by atoms with E-state index in [1.165, 1.54) is 6.42 Å². The van der Waals surface area contributed by atoms with E-state index in [0.717, 1.165) is 25.7 Å². The van der Waals surface area contributed by atoms with Crippen molar-refractivity contribution in [2.75, 3.05) is 5.32 Å². The Kier molecular flexibility index (Phi) is 3.79. The van der Waals surface area contributed by atoms with Crippen LogP contribution in [0.5, 0.6) is 0 Å². The average molecular weight is 329 g/mol. The van der Waals surface area contributed by atoms with Crippen LogP contribution in [-0.4, -0.2) is 32.3 Å². The fourth-order valence-corrected chi connectivity index (χ4v) is 3.38. The molecule has 2 aliphatic rings. The molecule has 0 bridgehead atoms. The molecule has 3 heterocycles. The molecule has 1 saturated carbocycles. The monoisotopic (exact) mass is 329 g/mol. The summed E-state index contributed by atoms with van der Waals surface area (Å²) in [5.41, 5.74) is 1.16. The zero-order valence-corrected chi connectivity index (χ0v) is 13.4. The molecule has 0 saturated heterocycles. The lowest BCUT2D eigenvalue weighted by molar-refractivity contribution is -0.146. The lowest BCUT2D eigenvalue weighted by atomic mass is 9.97. The van der Waals surface area contributed by atoms with E-state index >= 15 is 0 Å². The van der Waals surface area contributed by atoms with E-state index in [0.29, 0.717) is 23.0 Å². The zero-order chi connectivity index (χ0) is 16.5. The number of fused-ring (bicyclic) bond motifs is 1. The van der Waals surface area contributed by atoms with Gasteiger partial charge in [-0.3, -0.25) is 0 Å². The number of carbonyl (C=O) groups excluding carboxylic acids is 1. The first kappa shape index (κ1) is 14.9. The van der Waals surface area contributed by atoms with Crippen LogP contribution >= 0.6 is 0 Å². The predicted octanol–water partition coefficient (Wildman–Crippen LogP) is 2.43. The molecule has 1 fully saturated rings. The lowest BCUT2D eigenvalue weighted by Crippen LogP contribution is -2.31. The number of nitrogens with zero attached hydrogens (tertiary/aromatic N) is 4. The molecule has 0 radical (unpaired) electrons. The maximum Gasteiger partial charge on any atom is 0.338 e. The Morgan fingerprint density at radius 3 is 2.96 bits per heavy atom. The van der Waals surface area contributed by atoms with E-state index in [2.05, 4.69) is 20.8 Å². The molecule has 1 N–H and O–H groups in total. The predicted molar refractivity (Wildman–Crippen MR) is 84.0 cm³/mol. The minimum atomic E-state index is -0.526. The molecule has 1 aliphatic carbocycles. The number of allylic oxidation sites excluding steroid dienone is 1. The third-order valence-electron chi connectivity index (χ3n) is 4.57. The highest BCUT2D eigenvalue weighted by Gasteiger charge is 2.37. The van der Waals surface area contributed by atoms with Crippen molar-refractivity contribution in [2.45, 2.75) is 51.2 Å². The third kappa shape index (κ3) is 2.57. The molecule has 8 nitrogen and oxygen atoms in total. The number of furan rings is 1. The second-order valence-corrected chi connectivity index (χ2v) is 6.19.